The van der Waals surface area contributed by atoms with E-state index in [0.717, 1.165) is 4.90 Å². The topological polar surface area (TPSA) is 76.7 Å². The third-order valence-electron chi connectivity index (χ3n) is 2.96. The molecule has 1 heterocycles. The molecule has 3 N–H and O–H groups in total. The number of anilines is 3. The Morgan fingerprint density at radius 3 is 2.62 bits per heavy atom. The number of rotatable bonds is 5. The van der Waals surface area contributed by atoms with E-state index in [9.17, 15) is 4.39 Å². The van der Waals surface area contributed by atoms with E-state index >= 15 is 0 Å². The van der Waals surface area contributed by atoms with Crippen molar-refractivity contribution in [3.63, 3.8) is 0 Å². The minimum Gasteiger partial charge on any atom is -0.368 e. The SMILES string of the molecule is Nc1nc(CSc2cccc(Cl)c2)nc(Nc2ccc(F)cc2)n1. The molecule has 24 heavy (non-hydrogen) atoms. The van der Waals surface area contributed by atoms with Crippen molar-refractivity contribution in [3.8, 4) is 0 Å². The zero-order valence-corrected chi connectivity index (χ0v) is 14.0. The van der Waals surface area contributed by atoms with Crippen LogP contribution in [0, 0.1) is 5.82 Å². The highest BCUT2D eigenvalue weighted by molar-refractivity contribution is 7.98. The fourth-order valence-corrected chi connectivity index (χ4v) is 2.99. The molecule has 0 aliphatic carbocycles. The van der Waals surface area contributed by atoms with Gasteiger partial charge in [-0.3, -0.25) is 0 Å². The molecule has 0 fully saturated rings. The molecular formula is C16H13ClFN5S. The van der Waals surface area contributed by atoms with E-state index < -0.39 is 0 Å². The molecule has 0 bridgehead atoms. The van der Waals surface area contributed by atoms with Gasteiger partial charge in [-0.15, -0.1) is 11.8 Å². The first kappa shape index (κ1) is 16.5. The highest BCUT2D eigenvalue weighted by Gasteiger charge is 2.06. The van der Waals surface area contributed by atoms with Crippen LogP contribution in [-0.2, 0) is 5.75 Å². The number of aromatic nitrogens is 3. The van der Waals surface area contributed by atoms with Gasteiger partial charge < -0.3 is 11.1 Å². The Kier molecular flexibility index (Phi) is 5.12. The van der Waals surface area contributed by atoms with Gasteiger partial charge in [0.1, 0.15) is 11.6 Å². The average Bonchev–Trinajstić information content (AvgIpc) is 2.55. The van der Waals surface area contributed by atoms with Crippen molar-refractivity contribution >= 4 is 40.9 Å². The molecule has 5 nitrogen and oxygen atoms in total. The van der Waals surface area contributed by atoms with Gasteiger partial charge in [-0.1, -0.05) is 17.7 Å². The molecule has 3 aromatic rings. The fraction of sp³-hybridized carbons (Fsp3) is 0.0625. The second-order valence-electron chi connectivity index (χ2n) is 4.81. The van der Waals surface area contributed by atoms with E-state index in [1.54, 1.807) is 23.9 Å². The van der Waals surface area contributed by atoms with E-state index in [1.807, 2.05) is 24.3 Å². The molecule has 3 rings (SSSR count). The lowest BCUT2D eigenvalue weighted by Gasteiger charge is -2.07. The summed E-state index contributed by atoms with van der Waals surface area (Å²) < 4.78 is 12.9. The first-order valence-electron chi connectivity index (χ1n) is 7.00. The Balaban J connectivity index is 1.72. The molecule has 1 aromatic heterocycles. The Morgan fingerprint density at radius 1 is 1.08 bits per heavy atom. The summed E-state index contributed by atoms with van der Waals surface area (Å²) in [6.45, 7) is 0. The molecule has 8 heteroatoms. The average molecular weight is 362 g/mol. The number of nitrogens with two attached hydrogens (primary N) is 1. The summed E-state index contributed by atoms with van der Waals surface area (Å²) in [5, 5.41) is 3.66. The maximum atomic E-state index is 12.9. The van der Waals surface area contributed by atoms with Gasteiger partial charge in [0.05, 0.1) is 5.75 Å². The number of nitrogen functional groups attached to an aromatic ring is 1. The Hall–Kier alpha value is -2.38. The van der Waals surface area contributed by atoms with Gasteiger partial charge in [0, 0.05) is 15.6 Å². The first-order chi connectivity index (χ1) is 11.6. The molecule has 0 saturated carbocycles. The highest BCUT2D eigenvalue weighted by Crippen LogP contribution is 2.24. The van der Waals surface area contributed by atoms with Crippen LogP contribution in [0.3, 0.4) is 0 Å². The van der Waals surface area contributed by atoms with Crippen molar-refractivity contribution in [2.75, 3.05) is 11.1 Å². The number of nitrogens with zero attached hydrogens (tertiary/aromatic N) is 3. The number of halogens is 2. The second kappa shape index (κ2) is 7.46. The number of benzene rings is 2. The van der Waals surface area contributed by atoms with Crippen LogP contribution in [-0.4, -0.2) is 15.0 Å². The van der Waals surface area contributed by atoms with E-state index in [2.05, 4.69) is 20.3 Å². The van der Waals surface area contributed by atoms with Crippen LogP contribution in [0.15, 0.2) is 53.4 Å². The summed E-state index contributed by atoms with van der Waals surface area (Å²) in [6.07, 6.45) is 0. The number of hydrogen-bond donors (Lipinski definition) is 2. The largest absolute Gasteiger partial charge is 0.368 e. The van der Waals surface area contributed by atoms with Crippen molar-refractivity contribution in [1.29, 1.82) is 0 Å². The van der Waals surface area contributed by atoms with Crippen LogP contribution in [0.4, 0.5) is 22.0 Å². The standard InChI is InChI=1S/C16H13ClFN5S/c17-10-2-1-3-13(8-10)24-9-14-21-15(19)23-16(22-14)20-12-6-4-11(18)5-7-12/h1-8H,9H2,(H3,19,20,21,22,23). The van der Waals surface area contributed by atoms with Crippen LogP contribution in [0.2, 0.25) is 5.02 Å². The molecule has 0 saturated heterocycles. The summed E-state index contributed by atoms with van der Waals surface area (Å²) in [6, 6.07) is 13.4. The fourth-order valence-electron chi connectivity index (χ4n) is 1.93. The molecule has 0 spiro atoms. The third kappa shape index (κ3) is 4.56. The quantitative estimate of drug-likeness (QED) is 0.660. The predicted molar refractivity (Wildman–Crippen MR) is 94.9 cm³/mol. The Labute approximate surface area is 147 Å². The zero-order chi connectivity index (χ0) is 16.9. The minimum absolute atomic E-state index is 0.122. The van der Waals surface area contributed by atoms with Crippen LogP contribution in [0.1, 0.15) is 5.82 Å². The molecule has 0 unspecified atom stereocenters. The van der Waals surface area contributed by atoms with E-state index in [0.29, 0.717) is 28.2 Å². The van der Waals surface area contributed by atoms with Crippen LogP contribution >= 0.6 is 23.4 Å². The minimum atomic E-state index is -0.311. The lowest BCUT2D eigenvalue weighted by atomic mass is 10.3. The molecule has 0 radical (unpaired) electrons. The van der Waals surface area contributed by atoms with Gasteiger partial charge in [0.15, 0.2) is 0 Å². The molecule has 2 aromatic carbocycles. The van der Waals surface area contributed by atoms with Gasteiger partial charge in [-0.25, -0.2) is 4.39 Å². The van der Waals surface area contributed by atoms with Gasteiger partial charge in [0.2, 0.25) is 11.9 Å². The van der Waals surface area contributed by atoms with E-state index in [4.69, 9.17) is 17.3 Å². The van der Waals surface area contributed by atoms with Crippen molar-refractivity contribution in [2.24, 2.45) is 0 Å². The first-order valence-corrected chi connectivity index (χ1v) is 8.36. The van der Waals surface area contributed by atoms with Crippen LogP contribution in [0.25, 0.3) is 0 Å². The summed E-state index contributed by atoms with van der Waals surface area (Å²) in [5.74, 6) is 1.18. The Bertz CT molecular complexity index is 844. The van der Waals surface area contributed by atoms with Crippen molar-refractivity contribution in [2.45, 2.75) is 10.6 Å². The van der Waals surface area contributed by atoms with E-state index in [1.165, 1.54) is 12.1 Å². The molecule has 0 amide bonds. The van der Waals surface area contributed by atoms with Crippen molar-refractivity contribution in [3.05, 3.63) is 65.2 Å². The lowest BCUT2D eigenvalue weighted by Crippen LogP contribution is -2.06. The predicted octanol–water partition coefficient (Wildman–Crippen LogP) is 4.28. The number of hydrogen-bond acceptors (Lipinski definition) is 6. The van der Waals surface area contributed by atoms with Gasteiger partial charge in [0.25, 0.3) is 0 Å². The molecule has 122 valence electrons. The smallest absolute Gasteiger partial charge is 0.232 e. The number of nitrogens with one attached hydrogen (secondary N) is 1. The summed E-state index contributed by atoms with van der Waals surface area (Å²) in [7, 11) is 0. The monoisotopic (exact) mass is 361 g/mol. The number of thioether (sulfide) groups is 1. The second-order valence-corrected chi connectivity index (χ2v) is 6.30. The van der Waals surface area contributed by atoms with Crippen molar-refractivity contribution < 1.29 is 4.39 Å². The van der Waals surface area contributed by atoms with Crippen LogP contribution in [0.5, 0.6) is 0 Å². The molecule has 0 aliphatic rings. The highest BCUT2D eigenvalue weighted by atomic mass is 35.5. The summed E-state index contributed by atoms with van der Waals surface area (Å²) in [4.78, 5) is 13.5. The van der Waals surface area contributed by atoms with Crippen LogP contribution < -0.4 is 11.1 Å². The summed E-state index contributed by atoms with van der Waals surface area (Å²) in [5.41, 5.74) is 6.40. The van der Waals surface area contributed by atoms with E-state index in [-0.39, 0.29) is 11.8 Å². The van der Waals surface area contributed by atoms with Crippen molar-refractivity contribution in [1.82, 2.24) is 15.0 Å². The summed E-state index contributed by atoms with van der Waals surface area (Å²) >= 11 is 7.51. The zero-order valence-electron chi connectivity index (χ0n) is 12.4. The maximum absolute atomic E-state index is 12.9. The normalized spacial score (nSPS) is 10.6. The maximum Gasteiger partial charge on any atom is 0.232 e. The molecule has 0 aliphatic heterocycles. The van der Waals surface area contributed by atoms with Gasteiger partial charge in [-0.2, -0.15) is 15.0 Å². The lowest BCUT2D eigenvalue weighted by molar-refractivity contribution is 0.628. The third-order valence-corrected chi connectivity index (χ3v) is 4.19. The molecular weight excluding hydrogens is 349 g/mol. The molecule has 0 atom stereocenters. The van der Waals surface area contributed by atoms with Gasteiger partial charge in [-0.05, 0) is 42.5 Å². The van der Waals surface area contributed by atoms with Gasteiger partial charge >= 0.3 is 0 Å². The Morgan fingerprint density at radius 2 is 1.88 bits per heavy atom.